The van der Waals surface area contributed by atoms with Gasteiger partial charge in [-0.25, -0.2) is 4.79 Å². The number of amides is 1. The molecule has 0 aliphatic rings. The molecular formula is C22H25NO6. The maximum absolute atomic E-state index is 12.5. The summed E-state index contributed by atoms with van der Waals surface area (Å²) in [7, 11) is 0. The summed E-state index contributed by atoms with van der Waals surface area (Å²) in [5.41, 5.74) is 2.69. The number of furan rings is 1. The van der Waals surface area contributed by atoms with Crippen LogP contribution in [0.3, 0.4) is 0 Å². The summed E-state index contributed by atoms with van der Waals surface area (Å²) in [6, 6.07) is 2.70. The molecule has 0 radical (unpaired) electrons. The molecule has 0 bridgehead atoms. The van der Waals surface area contributed by atoms with Crippen molar-refractivity contribution >= 4 is 33.8 Å². The van der Waals surface area contributed by atoms with Crippen LogP contribution in [0.5, 0.6) is 0 Å². The van der Waals surface area contributed by atoms with Gasteiger partial charge in [-0.1, -0.05) is 20.8 Å². The Hall–Kier alpha value is -3.09. The zero-order valence-corrected chi connectivity index (χ0v) is 17.2. The second-order valence-corrected chi connectivity index (χ2v) is 8.36. The van der Waals surface area contributed by atoms with Crippen LogP contribution in [-0.2, 0) is 21.4 Å². The molecule has 29 heavy (non-hydrogen) atoms. The highest BCUT2D eigenvalue weighted by molar-refractivity contribution is 5.97. The van der Waals surface area contributed by atoms with Crippen molar-refractivity contribution in [3.05, 3.63) is 45.5 Å². The van der Waals surface area contributed by atoms with Crippen LogP contribution in [0.4, 0.5) is 0 Å². The minimum absolute atomic E-state index is 0.00405. The monoisotopic (exact) mass is 399 g/mol. The van der Waals surface area contributed by atoms with Crippen molar-refractivity contribution in [3.63, 3.8) is 0 Å². The standard InChI is InChI=1S/C22H25NO6/c1-11-13(6-7-19(24)23-12(2)20(25)26)21(27)29-18-9-17-15(8-14(11)18)16(10-28-17)22(3,4)5/h8-10,12H,6-7H2,1-5H3,(H,23,24)(H,25,26). The summed E-state index contributed by atoms with van der Waals surface area (Å²) in [6.07, 6.45) is 1.89. The van der Waals surface area contributed by atoms with Gasteiger partial charge in [0.1, 0.15) is 17.2 Å². The van der Waals surface area contributed by atoms with E-state index in [0.29, 0.717) is 16.7 Å². The second-order valence-electron chi connectivity index (χ2n) is 8.36. The summed E-state index contributed by atoms with van der Waals surface area (Å²) < 4.78 is 11.2. The fourth-order valence-corrected chi connectivity index (χ4v) is 3.39. The molecule has 0 aliphatic carbocycles. The van der Waals surface area contributed by atoms with Gasteiger partial charge in [-0.3, -0.25) is 9.59 Å². The van der Waals surface area contributed by atoms with Crippen LogP contribution in [0, 0.1) is 6.92 Å². The molecule has 2 aromatic heterocycles. The molecule has 1 unspecified atom stereocenters. The van der Waals surface area contributed by atoms with Gasteiger partial charge < -0.3 is 19.3 Å². The molecule has 2 N–H and O–H groups in total. The Morgan fingerprint density at radius 2 is 1.86 bits per heavy atom. The molecule has 0 spiro atoms. The summed E-state index contributed by atoms with van der Waals surface area (Å²) in [5, 5.41) is 13.0. The van der Waals surface area contributed by atoms with Crippen molar-refractivity contribution in [1.82, 2.24) is 5.32 Å². The zero-order chi connectivity index (χ0) is 21.5. The number of benzene rings is 1. The van der Waals surface area contributed by atoms with Crippen LogP contribution in [0.25, 0.3) is 21.9 Å². The summed E-state index contributed by atoms with van der Waals surface area (Å²) in [4.78, 5) is 35.3. The number of nitrogens with one attached hydrogen (secondary N) is 1. The molecule has 2 heterocycles. The third-order valence-electron chi connectivity index (χ3n) is 5.14. The topological polar surface area (TPSA) is 110 Å². The smallest absolute Gasteiger partial charge is 0.339 e. The average Bonchev–Trinajstić information content (AvgIpc) is 3.03. The largest absolute Gasteiger partial charge is 0.480 e. The third-order valence-corrected chi connectivity index (χ3v) is 5.14. The predicted molar refractivity (Wildman–Crippen MR) is 109 cm³/mol. The molecule has 0 saturated carbocycles. The van der Waals surface area contributed by atoms with E-state index in [9.17, 15) is 14.4 Å². The first-order chi connectivity index (χ1) is 13.5. The van der Waals surface area contributed by atoms with E-state index in [1.807, 2.05) is 13.0 Å². The highest BCUT2D eigenvalue weighted by atomic mass is 16.4. The molecule has 1 atom stereocenters. The first-order valence-corrected chi connectivity index (χ1v) is 9.49. The lowest BCUT2D eigenvalue weighted by Gasteiger charge is -2.16. The molecule has 0 aliphatic heterocycles. The minimum atomic E-state index is -1.11. The van der Waals surface area contributed by atoms with Gasteiger partial charge in [-0.15, -0.1) is 0 Å². The predicted octanol–water partition coefficient (Wildman–Crippen LogP) is 3.67. The van der Waals surface area contributed by atoms with E-state index >= 15 is 0 Å². The van der Waals surface area contributed by atoms with Crippen molar-refractivity contribution in [1.29, 1.82) is 0 Å². The number of aryl methyl sites for hydroxylation is 1. The molecule has 1 aromatic carbocycles. The number of hydrogen-bond donors (Lipinski definition) is 2. The SMILES string of the molecule is Cc1c(CCC(=O)NC(C)C(=O)O)c(=O)oc2cc3occ(C(C)(C)C)c3cc12. The molecule has 154 valence electrons. The van der Waals surface area contributed by atoms with Gasteiger partial charge in [0.05, 0.1) is 6.26 Å². The molecule has 1 amide bonds. The lowest BCUT2D eigenvalue weighted by molar-refractivity contribution is -0.141. The van der Waals surface area contributed by atoms with Crippen molar-refractivity contribution in [2.24, 2.45) is 0 Å². The van der Waals surface area contributed by atoms with Gasteiger partial charge >= 0.3 is 11.6 Å². The number of hydrogen-bond acceptors (Lipinski definition) is 5. The number of fused-ring (bicyclic) bond motifs is 2. The minimum Gasteiger partial charge on any atom is -0.480 e. The number of rotatable bonds is 5. The van der Waals surface area contributed by atoms with Crippen LogP contribution in [-0.4, -0.2) is 23.0 Å². The molecular weight excluding hydrogens is 374 g/mol. The Bertz CT molecular complexity index is 1160. The van der Waals surface area contributed by atoms with Crippen LogP contribution in [0.15, 0.2) is 32.0 Å². The maximum Gasteiger partial charge on any atom is 0.339 e. The lowest BCUT2D eigenvalue weighted by atomic mass is 9.86. The normalized spacial score (nSPS) is 13.0. The Morgan fingerprint density at radius 1 is 1.17 bits per heavy atom. The van der Waals surface area contributed by atoms with Gasteiger partial charge in [0, 0.05) is 34.4 Å². The Labute approximate surface area is 167 Å². The van der Waals surface area contributed by atoms with Crippen molar-refractivity contribution < 1.29 is 23.5 Å². The highest BCUT2D eigenvalue weighted by Gasteiger charge is 2.22. The number of carbonyl (C=O) groups excluding carboxylic acids is 1. The van der Waals surface area contributed by atoms with E-state index in [2.05, 4.69) is 26.1 Å². The van der Waals surface area contributed by atoms with E-state index in [-0.39, 0.29) is 18.3 Å². The number of aliphatic carboxylic acids is 1. The summed E-state index contributed by atoms with van der Waals surface area (Å²) >= 11 is 0. The van der Waals surface area contributed by atoms with Gasteiger partial charge in [0.15, 0.2) is 0 Å². The molecule has 3 rings (SSSR count). The molecule has 0 fully saturated rings. The molecule has 3 aromatic rings. The quantitative estimate of drug-likeness (QED) is 0.634. The first kappa shape index (κ1) is 20.6. The van der Waals surface area contributed by atoms with Gasteiger partial charge in [-0.05, 0) is 37.3 Å². The lowest BCUT2D eigenvalue weighted by Crippen LogP contribution is -2.38. The summed E-state index contributed by atoms with van der Waals surface area (Å²) in [5.74, 6) is -1.54. The van der Waals surface area contributed by atoms with E-state index in [0.717, 1.165) is 21.9 Å². The van der Waals surface area contributed by atoms with Crippen molar-refractivity contribution in [3.8, 4) is 0 Å². The maximum atomic E-state index is 12.5. The Morgan fingerprint density at radius 3 is 2.48 bits per heavy atom. The summed E-state index contributed by atoms with van der Waals surface area (Å²) in [6.45, 7) is 9.51. The average molecular weight is 399 g/mol. The Kier molecular flexibility index (Phi) is 5.26. The molecule has 7 heteroatoms. The van der Waals surface area contributed by atoms with Gasteiger partial charge in [-0.2, -0.15) is 0 Å². The van der Waals surface area contributed by atoms with E-state index in [4.69, 9.17) is 13.9 Å². The zero-order valence-electron chi connectivity index (χ0n) is 17.2. The fourth-order valence-electron chi connectivity index (χ4n) is 3.39. The van der Waals surface area contributed by atoms with Crippen LogP contribution in [0.1, 0.15) is 50.8 Å². The fraction of sp³-hybridized carbons (Fsp3) is 0.409. The van der Waals surface area contributed by atoms with Crippen LogP contribution in [0.2, 0.25) is 0 Å². The molecule has 7 nitrogen and oxygen atoms in total. The molecule has 0 saturated heterocycles. The van der Waals surface area contributed by atoms with E-state index in [1.54, 1.807) is 12.3 Å². The van der Waals surface area contributed by atoms with Crippen molar-refractivity contribution in [2.75, 3.05) is 0 Å². The van der Waals surface area contributed by atoms with Gasteiger partial charge in [0.25, 0.3) is 0 Å². The Balaban J connectivity index is 1.98. The van der Waals surface area contributed by atoms with E-state index in [1.165, 1.54) is 6.92 Å². The third kappa shape index (κ3) is 4.04. The highest BCUT2D eigenvalue weighted by Crippen LogP contribution is 2.35. The number of carboxylic acid groups (broad SMARTS) is 1. The second kappa shape index (κ2) is 7.39. The van der Waals surface area contributed by atoms with Crippen LogP contribution < -0.4 is 10.9 Å². The number of carbonyl (C=O) groups is 2. The van der Waals surface area contributed by atoms with Crippen molar-refractivity contribution in [2.45, 2.75) is 58.9 Å². The van der Waals surface area contributed by atoms with E-state index < -0.39 is 23.5 Å². The van der Waals surface area contributed by atoms with Gasteiger partial charge in [0.2, 0.25) is 5.91 Å². The first-order valence-electron chi connectivity index (χ1n) is 9.49. The van der Waals surface area contributed by atoms with Crippen LogP contribution >= 0.6 is 0 Å². The number of carboxylic acids is 1.